The third-order valence-corrected chi connectivity index (χ3v) is 10.7. The number of fused-ring (bicyclic) bond motifs is 3. The summed E-state index contributed by atoms with van der Waals surface area (Å²) < 4.78 is 6.35. The minimum atomic E-state index is 0.419. The van der Waals surface area contributed by atoms with Crippen LogP contribution >= 0.6 is 0 Å². The zero-order valence-corrected chi connectivity index (χ0v) is 30.9. The van der Waals surface area contributed by atoms with Gasteiger partial charge in [-0.2, -0.15) is 0 Å². The molecule has 0 saturated heterocycles. The maximum Gasteiger partial charge on any atom is 0.164 e. The molecule has 9 aromatic rings. The van der Waals surface area contributed by atoms with Crippen LogP contribution in [0.25, 0.3) is 94.8 Å². The standard InChI is InChI=1S/C52H37N3O/c1-34-12-9-17-42(32-34)51-53-50(54-52(55-51)47-20-6-5-18-43(47)38-13-3-2-4-14-38)39-30-28-36(29-31-39)35-24-26-37(27-25-35)40-15-10-16-41(33-40)44-21-11-22-46-45-19-7-8-23-48(45)56-49(44)46/h2-31,33-34H,32H2,1H3. The number of hydrogen-bond donors (Lipinski definition) is 0. The van der Waals surface area contributed by atoms with E-state index in [0.29, 0.717) is 17.6 Å². The van der Waals surface area contributed by atoms with Crippen LogP contribution in [0.3, 0.4) is 0 Å². The summed E-state index contributed by atoms with van der Waals surface area (Å²) in [6.07, 6.45) is 7.36. The Kier molecular flexibility index (Phi) is 8.49. The summed E-state index contributed by atoms with van der Waals surface area (Å²) in [4.78, 5) is 15.3. The molecule has 1 atom stereocenters. The number of nitrogens with zero attached hydrogens (tertiary/aromatic N) is 3. The van der Waals surface area contributed by atoms with Crippen molar-refractivity contribution >= 4 is 27.5 Å². The van der Waals surface area contributed by atoms with E-state index in [9.17, 15) is 0 Å². The van der Waals surface area contributed by atoms with Gasteiger partial charge in [0.05, 0.1) is 0 Å². The molecule has 1 aliphatic carbocycles. The molecule has 266 valence electrons. The van der Waals surface area contributed by atoms with E-state index in [0.717, 1.165) is 95.4 Å². The van der Waals surface area contributed by atoms with Crippen LogP contribution in [-0.4, -0.2) is 15.0 Å². The van der Waals surface area contributed by atoms with Gasteiger partial charge >= 0.3 is 0 Å². The molecule has 4 heteroatoms. The summed E-state index contributed by atoms with van der Waals surface area (Å²) in [5.41, 5.74) is 13.9. The van der Waals surface area contributed by atoms with Gasteiger partial charge in [-0.3, -0.25) is 0 Å². The molecular formula is C52H37N3O. The van der Waals surface area contributed by atoms with Crippen LogP contribution < -0.4 is 0 Å². The highest BCUT2D eigenvalue weighted by Gasteiger charge is 2.19. The Morgan fingerprint density at radius 3 is 1.80 bits per heavy atom. The van der Waals surface area contributed by atoms with Crippen molar-refractivity contribution in [3.8, 4) is 67.3 Å². The van der Waals surface area contributed by atoms with Crippen molar-refractivity contribution in [1.29, 1.82) is 0 Å². The fourth-order valence-corrected chi connectivity index (χ4v) is 7.83. The predicted octanol–water partition coefficient (Wildman–Crippen LogP) is 13.8. The molecule has 1 aliphatic rings. The zero-order chi connectivity index (χ0) is 37.4. The molecule has 7 aromatic carbocycles. The van der Waals surface area contributed by atoms with Gasteiger partial charge in [-0.25, -0.2) is 15.0 Å². The van der Waals surface area contributed by atoms with Gasteiger partial charge in [0.15, 0.2) is 17.5 Å². The molecule has 2 heterocycles. The molecule has 0 N–H and O–H groups in total. The van der Waals surface area contributed by atoms with Crippen molar-refractivity contribution in [2.24, 2.45) is 5.92 Å². The van der Waals surface area contributed by atoms with Gasteiger partial charge in [-0.1, -0.05) is 183 Å². The van der Waals surface area contributed by atoms with E-state index in [-0.39, 0.29) is 0 Å². The lowest BCUT2D eigenvalue weighted by atomic mass is 9.95. The van der Waals surface area contributed by atoms with E-state index in [1.807, 2.05) is 18.2 Å². The molecular weight excluding hydrogens is 683 g/mol. The molecule has 1 unspecified atom stereocenters. The topological polar surface area (TPSA) is 51.8 Å². The van der Waals surface area contributed by atoms with E-state index >= 15 is 0 Å². The molecule has 4 nitrogen and oxygen atoms in total. The van der Waals surface area contributed by atoms with Gasteiger partial charge in [0.1, 0.15) is 11.2 Å². The van der Waals surface area contributed by atoms with E-state index in [1.165, 1.54) is 0 Å². The summed E-state index contributed by atoms with van der Waals surface area (Å²) in [5, 5.41) is 2.28. The van der Waals surface area contributed by atoms with Gasteiger partial charge in [-0.15, -0.1) is 0 Å². The van der Waals surface area contributed by atoms with Crippen LogP contribution in [-0.2, 0) is 0 Å². The molecule has 0 spiro atoms. The largest absolute Gasteiger partial charge is 0.455 e. The lowest BCUT2D eigenvalue weighted by Crippen LogP contribution is -2.06. The highest BCUT2D eigenvalue weighted by Crippen LogP contribution is 2.38. The number of hydrogen-bond acceptors (Lipinski definition) is 4. The molecule has 0 radical (unpaired) electrons. The zero-order valence-electron chi connectivity index (χ0n) is 30.9. The van der Waals surface area contributed by atoms with Crippen LogP contribution in [0, 0.1) is 5.92 Å². The number of benzene rings is 7. The number of rotatable bonds is 7. The van der Waals surface area contributed by atoms with E-state index in [1.54, 1.807) is 0 Å². The van der Waals surface area contributed by atoms with Gasteiger partial charge < -0.3 is 4.42 Å². The van der Waals surface area contributed by atoms with Crippen LogP contribution in [0.2, 0.25) is 0 Å². The molecule has 10 rings (SSSR count). The highest BCUT2D eigenvalue weighted by molar-refractivity contribution is 6.09. The van der Waals surface area contributed by atoms with Crippen molar-refractivity contribution < 1.29 is 4.42 Å². The first-order valence-electron chi connectivity index (χ1n) is 19.2. The van der Waals surface area contributed by atoms with Crippen LogP contribution in [0.1, 0.15) is 19.2 Å². The molecule has 0 bridgehead atoms. The molecule has 0 aliphatic heterocycles. The Hall–Kier alpha value is -7.17. The average molecular weight is 720 g/mol. The minimum absolute atomic E-state index is 0.419. The van der Waals surface area contributed by atoms with Gasteiger partial charge in [0.25, 0.3) is 0 Å². The maximum atomic E-state index is 6.35. The monoisotopic (exact) mass is 719 g/mol. The summed E-state index contributed by atoms with van der Waals surface area (Å²) >= 11 is 0. The second-order valence-electron chi connectivity index (χ2n) is 14.5. The Balaban J connectivity index is 0.960. The summed E-state index contributed by atoms with van der Waals surface area (Å²) in [7, 11) is 0. The second kappa shape index (κ2) is 14.2. The quantitative estimate of drug-likeness (QED) is 0.165. The first-order valence-corrected chi connectivity index (χ1v) is 19.2. The highest BCUT2D eigenvalue weighted by atomic mass is 16.3. The SMILES string of the molecule is CC1C=CC=C(c2nc(-c3ccc(-c4ccc(-c5cccc(-c6cccc7c6oc6ccccc67)c5)cc4)cc3)nc(-c3ccccc3-c3ccccc3)n2)C1. The van der Waals surface area contributed by atoms with Crippen molar-refractivity contribution in [2.45, 2.75) is 13.3 Å². The third kappa shape index (κ3) is 6.31. The molecule has 0 amide bonds. The fraction of sp³-hybridized carbons (Fsp3) is 0.0577. The van der Waals surface area contributed by atoms with Crippen LogP contribution in [0.4, 0.5) is 0 Å². The number of aromatic nitrogens is 3. The first-order chi connectivity index (χ1) is 27.6. The van der Waals surface area contributed by atoms with E-state index < -0.39 is 0 Å². The fourth-order valence-electron chi connectivity index (χ4n) is 7.83. The summed E-state index contributed by atoms with van der Waals surface area (Å²) in [5.74, 6) is 2.48. The molecule has 0 fully saturated rings. The maximum absolute atomic E-state index is 6.35. The second-order valence-corrected chi connectivity index (χ2v) is 14.5. The number of allylic oxidation sites excluding steroid dienone is 4. The Morgan fingerprint density at radius 2 is 1.02 bits per heavy atom. The normalized spacial score (nSPS) is 13.9. The van der Waals surface area contributed by atoms with Crippen LogP contribution in [0.5, 0.6) is 0 Å². The van der Waals surface area contributed by atoms with Crippen molar-refractivity contribution in [3.63, 3.8) is 0 Å². The van der Waals surface area contributed by atoms with Crippen molar-refractivity contribution in [3.05, 3.63) is 194 Å². The van der Waals surface area contributed by atoms with Crippen LogP contribution in [0.15, 0.2) is 193 Å². The first kappa shape index (κ1) is 33.4. The smallest absolute Gasteiger partial charge is 0.164 e. The average Bonchev–Trinajstić information content (AvgIpc) is 3.66. The number of para-hydroxylation sites is 2. The van der Waals surface area contributed by atoms with Gasteiger partial charge in [0.2, 0.25) is 0 Å². The molecule has 0 saturated carbocycles. The molecule has 56 heavy (non-hydrogen) atoms. The Bertz CT molecular complexity index is 2940. The van der Waals surface area contributed by atoms with Gasteiger partial charge in [-0.05, 0) is 69.0 Å². The number of furan rings is 1. The summed E-state index contributed by atoms with van der Waals surface area (Å²) in [6, 6.07) is 59.5. The third-order valence-electron chi connectivity index (χ3n) is 10.7. The molecule has 2 aromatic heterocycles. The predicted molar refractivity (Wildman–Crippen MR) is 231 cm³/mol. The van der Waals surface area contributed by atoms with E-state index in [4.69, 9.17) is 19.4 Å². The Morgan fingerprint density at radius 1 is 0.446 bits per heavy atom. The van der Waals surface area contributed by atoms with Crippen molar-refractivity contribution in [2.75, 3.05) is 0 Å². The Labute approximate surface area is 326 Å². The summed E-state index contributed by atoms with van der Waals surface area (Å²) in [6.45, 7) is 2.23. The van der Waals surface area contributed by atoms with E-state index in [2.05, 4.69) is 177 Å². The minimum Gasteiger partial charge on any atom is -0.455 e. The lowest BCUT2D eigenvalue weighted by molar-refractivity contribution is 0.670. The lowest BCUT2D eigenvalue weighted by Gasteiger charge is -2.16. The van der Waals surface area contributed by atoms with Crippen molar-refractivity contribution in [1.82, 2.24) is 15.0 Å². The van der Waals surface area contributed by atoms with Gasteiger partial charge in [0, 0.05) is 27.5 Å².